The van der Waals surface area contributed by atoms with Crippen molar-refractivity contribution in [2.75, 3.05) is 23.7 Å². The molecule has 1 fully saturated rings. The number of nitrogens with one attached hydrogen (secondary N) is 1. The number of amides is 1. The van der Waals surface area contributed by atoms with Crippen molar-refractivity contribution in [3.63, 3.8) is 0 Å². The molecule has 1 saturated heterocycles. The fraction of sp³-hybridized carbons (Fsp3) is 0.588. The standard InChI is InChI=1S/C17H26N2O3S2/c1-13-12-14(7-8-15(13)19-10-5-6-16(19)20)24(21,22)18-9-11-23-17(2,3)4/h7-8,12,18H,5-6,9-11H2,1-4H3. The van der Waals surface area contributed by atoms with E-state index in [0.29, 0.717) is 19.5 Å². The minimum atomic E-state index is -3.52. The molecule has 134 valence electrons. The lowest BCUT2D eigenvalue weighted by atomic mass is 10.2. The van der Waals surface area contributed by atoms with Gasteiger partial charge in [0.2, 0.25) is 15.9 Å². The summed E-state index contributed by atoms with van der Waals surface area (Å²) in [7, 11) is -3.52. The highest BCUT2D eigenvalue weighted by molar-refractivity contribution is 8.00. The van der Waals surface area contributed by atoms with Gasteiger partial charge in [0, 0.05) is 35.7 Å². The first kappa shape index (κ1) is 19.3. The van der Waals surface area contributed by atoms with Gasteiger partial charge in [0.25, 0.3) is 0 Å². The van der Waals surface area contributed by atoms with E-state index < -0.39 is 10.0 Å². The summed E-state index contributed by atoms with van der Waals surface area (Å²) in [6, 6.07) is 4.95. The molecule has 1 aliphatic rings. The van der Waals surface area contributed by atoms with Gasteiger partial charge >= 0.3 is 0 Å². The van der Waals surface area contributed by atoms with Crippen molar-refractivity contribution in [1.82, 2.24) is 4.72 Å². The van der Waals surface area contributed by atoms with Crippen molar-refractivity contribution in [1.29, 1.82) is 0 Å². The first-order valence-corrected chi connectivity index (χ1v) is 10.6. The third-order valence-electron chi connectivity index (χ3n) is 3.77. The first-order chi connectivity index (χ1) is 11.1. The molecule has 1 aromatic carbocycles. The molecule has 1 aliphatic heterocycles. The minimum absolute atomic E-state index is 0.103. The predicted molar refractivity (Wildman–Crippen MR) is 100 cm³/mol. The number of hydrogen-bond acceptors (Lipinski definition) is 4. The highest BCUT2D eigenvalue weighted by atomic mass is 32.2. The molecule has 1 amide bonds. The molecule has 0 spiro atoms. The smallest absolute Gasteiger partial charge is 0.240 e. The van der Waals surface area contributed by atoms with Crippen LogP contribution >= 0.6 is 11.8 Å². The van der Waals surface area contributed by atoms with Crippen molar-refractivity contribution in [2.24, 2.45) is 0 Å². The maximum absolute atomic E-state index is 12.4. The van der Waals surface area contributed by atoms with E-state index in [1.54, 1.807) is 34.9 Å². The van der Waals surface area contributed by atoms with Gasteiger partial charge < -0.3 is 4.90 Å². The van der Waals surface area contributed by atoms with Crippen LogP contribution in [0.4, 0.5) is 5.69 Å². The summed E-state index contributed by atoms with van der Waals surface area (Å²) in [6.07, 6.45) is 1.41. The number of benzene rings is 1. The van der Waals surface area contributed by atoms with Gasteiger partial charge in [-0.3, -0.25) is 4.79 Å². The number of hydrogen-bond donors (Lipinski definition) is 1. The molecule has 7 heteroatoms. The van der Waals surface area contributed by atoms with Gasteiger partial charge in [-0.05, 0) is 37.1 Å². The summed E-state index contributed by atoms with van der Waals surface area (Å²) in [4.78, 5) is 13.8. The van der Waals surface area contributed by atoms with Gasteiger partial charge in [-0.2, -0.15) is 11.8 Å². The summed E-state index contributed by atoms with van der Waals surface area (Å²) in [5.74, 6) is 0.827. The van der Waals surface area contributed by atoms with Gasteiger partial charge in [0.1, 0.15) is 0 Å². The fourth-order valence-corrected chi connectivity index (χ4v) is 4.68. The monoisotopic (exact) mass is 370 g/mol. The summed E-state index contributed by atoms with van der Waals surface area (Å²) >= 11 is 1.72. The fourth-order valence-electron chi connectivity index (χ4n) is 2.62. The lowest BCUT2D eigenvalue weighted by Gasteiger charge is -2.19. The third-order valence-corrected chi connectivity index (χ3v) is 6.50. The van der Waals surface area contributed by atoms with E-state index in [9.17, 15) is 13.2 Å². The van der Waals surface area contributed by atoms with Crippen LogP contribution in [0, 0.1) is 6.92 Å². The lowest BCUT2D eigenvalue weighted by Crippen LogP contribution is -2.28. The molecule has 5 nitrogen and oxygen atoms in total. The molecule has 1 aromatic rings. The molecular weight excluding hydrogens is 344 g/mol. The van der Waals surface area contributed by atoms with E-state index in [1.807, 2.05) is 6.92 Å². The summed E-state index contributed by atoms with van der Waals surface area (Å²) < 4.78 is 27.6. The van der Waals surface area contributed by atoms with Crippen LogP contribution in [0.3, 0.4) is 0 Å². The molecule has 0 radical (unpaired) electrons. The molecule has 0 aromatic heterocycles. The number of rotatable bonds is 6. The van der Waals surface area contributed by atoms with Crippen LogP contribution in [0.15, 0.2) is 23.1 Å². The number of thioether (sulfide) groups is 1. The van der Waals surface area contributed by atoms with Crippen LogP contribution in [-0.4, -0.2) is 37.9 Å². The van der Waals surface area contributed by atoms with Gasteiger partial charge in [-0.1, -0.05) is 20.8 Å². The predicted octanol–water partition coefficient (Wildman–Crippen LogP) is 2.93. The van der Waals surface area contributed by atoms with Crippen molar-refractivity contribution in [2.45, 2.75) is 50.2 Å². The molecule has 0 atom stereocenters. The van der Waals surface area contributed by atoms with Crippen molar-refractivity contribution in [3.05, 3.63) is 23.8 Å². The largest absolute Gasteiger partial charge is 0.312 e. The highest BCUT2D eigenvalue weighted by Crippen LogP contribution is 2.27. The van der Waals surface area contributed by atoms with Crippen LogP contribution < -0.4 is 9.62 Å². The molecule has 24 heavy (non-hydrogen) atoms. The van der Waals surface area contributed by atoms with Crippen molar-refractivity contribution in [3.8, 4) is 0 Å². The average molecular weight is 371 g/mol. The molecule has 1 N–H and O–H groups in total. The van der Waals surface area contributed by atoms with Gasteiger partial charge in [0.05, 0.1) is 4.90 Å². The SMILES string of the molecule is Cc1cc(S(=O)(=O)NCCSC(C)(C)C)ccc1N1CCCC1=O. The van der Waals surface area contributed by atoms with Crippen LogP contribution in [0.2, 0.25) is 0 Å². The maximum Gasteiger partial charge on any atom is 0.240 e. The summed E-state index contributed by atoms with van der Waals surface area (Å²) in [5, 5.41) is 0. The Morgan fingerprint density at radius 3 is 2.54 bits per heavy atom. The number of anilines is 1. The number of aryl methyl sites for hydroxylation is 1. The normalized spacial score (nSPS) is 16.0. The van der Waals surface area contributed by atoms with Crippen LogP contribution in [0.25, 0.3) is 0 Å². The van der Waals surface area contributed by atoms with E-state index in [-0.39, 0.29) is 15.5 Å². The molecule has 0 unspecified atom stereocenters. The van der Waals surface area contributed by atoms with Crippen LogP contribution in [-0.2, 0) is 14.8 Å². The second kappa shape index (κ2) is 7.45. The Labute approximate surface area is 149 Å². The maximum atomic E-state index is 12.4. The van der Waals surface area contributed by atoms with Gasteiger partial charge in [-0.15, -0.1) is 0 Å². The Morgan fingerprint density at radius 2 is 2.00 bits per heavy atom. The molecule has 0 aliphatic carbocycles. The summed E-state index contributed by atoms with van der Waals surface area (Å²) in [6.45, 7) is 9.26. The Bertz CT molecular complexity index is 709. The number of carbonyl (C=O) groups is 1. The van der Waals surface area contributed by atoms with Crippen molar-refractivity contribution >= 4 is 33.4 Å². The van der Waals surface area contributed by atoms with Crippen LogP contribution in [0.5, 0.6) is 0 Å². The zero-order valence-corrected chi connectivity index (χ0v) is 16.4. The molecule has 2 rings (SSSR count). The summed E-state index contributed by atoms with van der Waals surface area (Å²) in [5.41, 5.74) is 1.61. The second-order valence-electron chi connectivity index (χ2n) is 6.96. The molecule has 0 saturated carbocycles. The molecule has 1 heterocycles. The van der Waals surface area contributed by atoms with Crippen molar-refractivity contribution < 1.29 is 13.2 Å². The highest BCUT2D eigenvalue weighted by Gasteiger charge is 2.24. The minimum Gasteiger partial charge on any atom is -0.312 e. The molecule has 0 bridgehead atoms. The third kappa shape index (κ3) is 4.97. The topological polar surface area (TPSA) is 66.5 Å². The van der Waals surface area contributed by atoms with Gasteiger partial charge in [0.15, 0.2) is 0 Å². The Morgan fingerprint density at radius 1 is 1.29 bits per heavy atom. The quantitative estimate of drug-likeness (QED) is 0.782. The molecular formula is C17H26N2O3S2. The van der Waals surface area contributed by atoms with Crippen LogP contribution in [0.1, 0.15) is 39.2 Å². The zero-order chi connectivity index (χ0) is 18.0. The van der Waals surface area contributed by atoms with E-state index >= 15 is 0 Å². The van der Waals surface area contributed by atoms with E-state index in [0.717, 1.165) is 23.4 Å². The Kier molecular flexibility index (Phi) is 5.99. The number of sulfonamides is 1. The number of carbonyl (C=O) groups excluding carboxylic acids is 1. The first-order valence-electron chi connectivity index (χ1n) is 8.15. The van der Waals surface area contributed by atoms with E-state index in [2.05, 4.69) is 25.5 Å². The van der Waals surface area contributed by atoms with E-state index in [4.69, 9.17) is 0 Å². The number of nitrogens with zero attached hydrogens (tertiary/aromatic N) is 1. The average Bonchev–Trinajstić information content (AvgIpc) is 2.89. The second-order valence-corrected chi connectivity index (χ2v) is 10.6. The van der Waals surface area contributed by atoms with E-state index in [1.165, 1.54) is 0 Å². The Hall–Kier alpha value is -1.05. The zero-order valence-electron chi connectivity index (χ0n) is 14.8. The Balaban J connectivity index is 2.05. The van der Waals surface area contributed by atoms with Gasteiger partial charge in [-0.25, -0.2) is 13.1 Å². The lowest BCUT2D eigenvalue weighted by molar-refractivity contribution is -0.117.